The second kappa shape index (κ2) is 5.61. The fraction of sp³-hybridized carbons (Fsp3) is 0.154. The molecule has 0 saturated carbocycles. The molecule has 2 rings (SSSR count). The van der Waals surface area contributed by atoms with Gasteiger partial charge in [-0.15, -0.1) is 0 Å². The van der Waals surface area contributed by atoms with Gasteiger partial charge in [0.25, 0.3) is 0 Å². The molecule has 88 valence electrons. The number of aromatic nitrogens is 1. The van der Waals surface area contributed by atoms with E-state index in [-0.39, 0.29) is 15.7 Å². The van der Waals surface area contributed by atoms with E-state index in [1.807, 2.05) is 18.2 Å². The molecule has 1 atom stereocenters. The molecule has 1 heterocycles. The van der Waals surface area contributed by atoms with Gasteiger partial charge in [-0.1, -0.05) is 39.7 Å². The highest BCUT2D eigenvalue weighted by molar-refractivity contribution is 9.09. The number of pyridine rings is 1. The number of rotatable bonds is 3. The molecule has 0 aliphatic heterocycles. The molecule has 0 bridgehead atoms. The summed E-state index contributed by atoms with van der Waals surface area (Å²) in [5, 5.41) is 0.184. The Morgan fingerprint density at radius 2 is 1.94 bits per heavy atom. The van der Waals surface area contributed by atoms with E-state index < -0.39 is 0 Å². The molecule has 0 N–H and O–H groups in total. The third-order valence-electron chi connectivity index (χ3n) is 2.48. The van der Waals surface area contributed by atoms with Crippen molar-refractivity contribution in [2.24, 2.45) is 0 Å². The average molecular weight is 315 g/mol. The van der Waals surface area contributed by atoms with Gasteiger partial charge in [-0.2, -0.15) is 0 Å². The quantitative estimate of drug-likeness (QED) is 0.757. The summed E-state index contributed by atoms with van der Waals surface area (Å²) in [4.78, 5) is 3.95. The fourth-order valence-electron chi connectivity index (χ4n) is 1.60. The highest BCUT2D eigenvalue weighted by atomic mass is 79.9. The van der Waals surface area contributed by atoms with E-state index in [1.54, 1.807) is 18.5 Å². The minimum absolute atomic E-state index is 0.00639. The summed E-state index contributed by atoms with van der Waals surface area (Å²) in [5.41, 5.74) is 1.89. The number of benzene rings is 1. The molecule has 0 aliphatic carbocycles. The Morgan fingerprint density at radius 3 is 2.65 bits per heavy atom. The molecule has 1 nitrogen and oxygen atoms in total. The molecule has 0 saturated heterocycles. The SMILES string of the molecule is Fc1cccc(C(Br)Cc2ccncc2)c1Cl. The zero-order valence-electron chi connectivity index (χ0n) is 8.91. The largest absolute Gasteiger partial charge is 0.265 e. The summed E-state index contributed by atoms with van der Waals surface area (Å²) in [6.07, 6.45) is 4.22. The smallest absolute Gasteiger partial charge is 0.142 e. The van der Waals surface area contributed by atoms with Crippen molar-refractivity contribution < 1.29 is 4.39 Å². The van der Waals surface area contributed by atoms with Gasteiger partial charge < -0.3 is 0 Å². The molecule has 0 aliphatic rings. The van der Waals surface area contributed by atoms with E-state index >= 15 is 0 Å². The van der Waals surface area contributed by atoms with Gasteiger partial charge in [0.15, 0.2) is 0 Å². The summed E-state index contributed by atoms with van der Waals surface area (Å²) >= 11 is 9.47. The third kappa shape index (κ3) is 3.05. The van der Waals surface area contributed by atoms with Gasteiger partial charge >= 0.3 is 0 Å². The van der Waals surface area contributed by atoms with E-state index in [1.165, 1.54) is 6.07 Å². The first-order chi connectivity index (χ1) is 8.18. The lowest BCUT2D eigenvalue weighted by Gasteiger charge is -2.12. The monoisotopic (exact) mass is 313 g/mol. The summed E-state index contributed by atoms with van der Waals surface area (Å²) in [5.74, 6) is -0.386. The number of hydrogen-bond donors (Lipinski definition) is 0. The number of alkyl halides is 1. The van der Waals surface area contributed by atoms with Crippen LogP contribution in [0.25, 0.3) is 0 Å². The van der Waals surface area contributed by atoms with Crippen molar-refractivity contribution in [1.29, 1.82) is 0 Å². The van der Waals surface area contributed by atoms with Crippen LogP contribution >= 0.6 is 27.5 Å². The second-order valence-electron chi connectivity index (χ2n) is 3.67. The maximum Gasteiger partial charge on any atom is 0.142 e. The fourth-order valence-corrected chi connectivity index (χ4v) is 2.74. The van der Waals surface area contributed by atoms with E-state index in [2.05, 4.69) is 20.9 Å². The van der Waals surface area contributed by atoms with Crippen molar-refractivity contribution in [2.45, 2.75) is 11.2 Å². The maximum atomic E-state index is 13.3. The van der Waals surface area contributed by atoms with E-state index in [9.17, 15) is 4.39 Å². The Balaban J connectivity index is 2.20. The molecule has 17 heavy (non-hydrogen) atoms. The van der Waals surface area contributed by atoms with E-state index in [0.717, 1.165) is 17.5 Å². The van der Waals surface area contributed by atoms with E-state index in [4.69, 9.17) is 11.6 Å². The lowest BCUT2D eigenvalue weighted by molar-refractivity contribution is 0.625. The Bertz CT molecular complexity index is 504. The summed E-state index contributed by atoms with van der Waals surface area (Å²) in [6.45, 7) is 0. The minimum Gasteiger partial charge on any atom is -0.265 e. The van der Waals surface area contributed by atoms with Crippen molar-refractivity contribution in [2.75, 3.05) is 0 Å². The molecule has 0 radical (unpaired) electrons. The van der Waals surface area contributed by atoms with Crippen LogP contribution in [0.5, 0.6) is 0 Å². The van der Waals surface area contributed by atoms with Gasteiger partial charge in [0.05, 0.1) is 5.02 Å². The Morgan fingerprint density at radius 1 is 1.24 bits per heavy atom. The van der Waals surface area contributed by atoms with Crippen molar-refractivity contribution in [1.82, 2.24) is 4.98 Å². The van der Waals surface area contributed by atoms with Crippen LogP contribution in [0.2, 0.25) is 5.02 Å². The molecule has 0 fully saturated rings. The number of halogens is 3. The van der Waals surface area contributed by atoms with Crippen molar-refractivity contribution in [3.05, 3.63) is 64.7 Å². The van der Waals surface area contributed by atoms with Crippen LogP contribution in [-0.4, -0.2) is 4.98 Å². The normalized spacial score (nSPS) is 12.4. The van der Waals surface area contributed by atoms with Crippen LogP contribution in [0.4, 0.5) is 4.39 Å². The second-order valence-corrected chi connectivity index (χ2v) is 5.15. The maximum absolute atomic E-state index is 13.3. The zero-order valence-corrected chi connectivity index (χ0v) is 11.2. The van der Waals surface area contributed by atoms with Crippen LogP contribution in [0.1, 0.15) is 16.0 Å². The molecule has 2 aromatic rings. The highest BCUT2D eigenvalue weighted by Crippen LogP contribution is 2.33. The molecule has 4 heteroatoms. The van der Waals surface area contributed by atoms with Gasteiger partial charge in [-0.3, -0.25) is 4.98 Å². The van der Waals surface area contributed by atoms with E-state index in [0.29, 0.717) is 0 Å². The van der Waals surface area contributed by atoms with Gasteiger partial charge in [-0.05, 0) is 35.7 Å². The van der Waals surface area contributed by atoms with Crippen molar-refractivity contribution >= 4 is 27.5 Å². The van der Waals surface area contributed by atoms with Crippen LogP contribution < -0.4 is 0 Å². The lowest BCUT2D eigenvalue weighted by atomic mass is 10.1. The number of hydrogen-bond acceptors (Lipinski definition) is 1. The van der Waals surface area contributed by atoms with Gasteiger partial charge in [-0.25, -0.2) is 4.39 Å². The Kier molecular flexibility index (Phi) is 4.13. The number of nitrogens with zero attached hydrogens (tertiary/aromatic N) is 1. The van der Waals surface area contributed by atoms with Crippen LogP contribution in [0.3, 0.4) is 0 Å². The molecule has 1 aromatic heterocycles. The lowest BCUT2D eigenvalue weighted by Crippen LogP contribution is -1.97. The predicted molar refractivity (Wildman–Crippen MR) is 71.0 cm³/mol. The topological polar surface area (TPSA) is 12.9 Å². The van der Waals surface area contributed by atoms with Crippen molar-refractivity contribution in [3.8, 4) is 0 Å². The standard InChI is InChI=1S/C13H10BrClFN/c14-11(8-9-4-6-17-7-5-9)10-2-1-3-12(16)13(10)15/h1-7,11H,8H2. The molecule has 0 spiro atoms. The van der Waals surface area contributed by atoms with Crippen molar-refractivity contribution in [3.63, 3.8) is 0 Å². The van der Waals surface area contributed by atoms with Crippen LogP contribution in [-0.2, 0) is 6.42 Å². The molecular weight excluding hydrogens is 305 g/mol. The van der Waals surface area contributed by atoms with Gasteiger partial charge in [0.1, 0.15) is 5.82 Å². The minimum atomic E-state index is -0.386. The molecular formula is C13H10BrClFN. The zero-order chi connectivity index (χ0) is 12.3. The third-order valence-corrected chi connectivity index (χ3v) is 3.70. The van der Waals surface area contributed by atoms with Gasteiger partial charge in [0.2, 0.25) is 0 Å². The average Bonchev–Trinajstić information content (AvgIpc) is 2.34. The first-order valence-electron chi connectivity index (χ1n) is 5.15. The molecule has 1 aromatic carbocycles. The first kappa shape index (κ1) is 12.5. The summed E-state index contributed by atoms with van der Waals surface area (Å²) < 4.78 is 13.3. The van der Waals surface area contributed by atoms with Crippen LogP contribution in [0.15, 0.2) is 42.7 Å². The molecule has 0 amide bonds. The predicted octanol–water partition coefficient (Wildman–Crippen LogP) is 4.55. The Hall–Kier alpha value is -0.930. The summed E-state index contributed by atoms with van der Waals surface area (Å²) in [7, 11) is 0. The summed E-state index contributed by atoms with van der Waals surface area (Å²) in [6, 6.07) is 8.71. The van der Waals surface area contributed by atoms with Crippen LogP contribution in [0, 0.1) is 5.82 Å². The molecule has 1 unspecified atom stereocenters. The Labute approximate surface area is 113 Å². The highest BCUT2D eigenvalue weighted by Gasteiger charge is 2.14. The van der Waals surface area contributed by atoms with Gasteiger partial charge in [0, 0.05) is 17.2 Å². The first-order valence-corrected chi connectivity index (χ1v) is 6.44.